The summed E-state index contributed by atoms with van der Waals surface area (Å²) in [5.74, 6) is 0.152. The van der Waals surface area contributed by atoms with Crippen molar-refractivity contribution in [2.24, 2.45) is 0 Å². The molecule has 0 aliphatic carbocycles. The van der Waals surface area contributed by atoms with Gasteiger partial charge in [-0.1, -0.05) is 24.6 Å². The lowest BCUT2D eigenvalue weighted by Gasteiger charge is -2.11. The van der Waals surface area contributed by atoms with Gasteiger partial charge in [-0.2, -0.15) is 0 Å². The molecular weight excluding hydrogens is 332 g/mol. The maximum Gasteiger partial charge on any atom is 0.243 e. The Morgan fingerprint density at radius 2 is 1.96 bits per heavy atom. The van der Waals surface area contributed by atoms with Crippen LogP contribution < -0.4 is 5.48 Å². The van der Waals surface area contributed by atoms with E-state index in [9.17, 15) is 9.90 Å². The van der Waals surface area contributed by atoms with E-state index >= 15 is 0 Å². The van der Waals surface area contributed by atoms with Crippen molar-refractivity contribution >= 4 is 17.0 Å². The fourth-order valence-corrected chi connectivity index (χ4v) is 2.85. The van der Waals surface area contributed by atoms with Gasteiger partial charge in [0.25, 0.3) is 0 Å². The van der Waals surface area contributed by atoms with Gasteiger partial charge >= 0.3 is 0 Å². The predicted molar refractivity (Wildman–Crippen MR) is 97.5 cm³/mol. The van der Waals surface area contributed by atoms with E-state index in [4.69, 9.17) is 9.62 Å². The van der Waals surface area contributed by atoms with Gasteiger partial charge in [-0.3, -0.25) is 10.0 Å². The first-order valence-corrected chi connectivity index (χ1v) is 8.65. The summed E-state index contributed by atoms with van der Waals surface area (Å²) in [5.41, 5.74) is 5.98. The van der Waals surface area contributed by atoms with E-state index in [1.54, 1.807) is 5.48 Å². The van der Waals surface area contributed by atoms with Crippen molar-refractivity contribution in [3.63, 3.8) is 0 Å². The number of rotatable bonds is 7. The second-order valence-corrected chi connectivity index (χ2v) is 6.41. The minimum atomic E-state index is -0.590. The number of aliphatic hydroxyl groups is 1. The number of fused-ring (bicyclic) bond motifs is 1. The van der Waals surface area contributed by atoms with Crippen LogP contribution >= 0.6 is 0 Å². The lowest BCUT2D eigenvalue weighted by Crippen LogP contribution is -2.17. The number of oxazole rings is 1. The van der Waals surface area contributed by atoms with Crippen molar-refractivity contribution in [1.82, 2.24) is 10.5 Å². The van der Waals surface area contributed by atoms with Crippen LogP contribution in [0.5, 0.6) is 0 Å². The van der Waals surface area contributed by atoms with Gasteiger partial charge in [0.2, 0.25) is 11.8 Å². The van der Waals surface area contributed by atoms with Crippen molar-refractivity contribution in [3.05, 3.63) is 53.6 Å². The quantitative estimate of drug-likeness (QED) is 0.340. The molecule has 1 amide bonds. The molecule has 0 bridgehead atoms. The van der Waals surface area contributed by atoms with Crippen LogP contribution in [0, 0.1) is 6.92 Å². The van der Waals surface area contributed by atoms with Crippen LogP contribution in [-0.4, -0.2) is 21.2 Å². The first-order valence-electron chi connectivity index (χ1n) is 8.65. The molecule has 6 nitrogen and oxygen atoms in total. The largest absolute Gasteiger partial charge is 0.436 e. The fraction of sp³-hybridized carbons (Fsp3) is 0.300. The molecule has 0 fully saturated rings. The monoisotopic (exact) mass is 354 g/mol. The zero-order valence-electron chi connectivity index (χ0n) is 14.6. The maximum absolute atomic E-state index is 10.9. The Hall–Kier alpha value is -2.70. The number of carbonyl (C=O) groups excluding carboxylic acids is 1. The standard InChI is InChI=1S/C20H22N2O4/c1-13-6-11-18-16(12-13)21-20(26-18)15-9-7-14(8-10-15)17(23)4-2-3-5-19(24)22-25/h6-12,17,23,25H,2-5H2,1H3,(H,22,24)/t17-/m1/s1. The highest BCUT2D eigenvalue weighted by molar-refractivity contribution is 5.77. The summed E-state index contributed by atoms with van der Waals surface area (Å²) in [5, 5.41) is 18.7. The smallest absolute Gasteiger partial charge is 0.243 e. The molecule has 0 aliphatic rings. The number of aromatic nitrogens is 1. The van der Waals surface area contributed by atoms with Crippen molar-refractivity contribution in [3.8, 4) is 11.5 Å². The molecule has 1 heterocycles. The topological polar surface area (TPSA) is 95.6 Å². The van der Waals surface area contributed by atoms with Crippen LogP contribution in [0.3, 0.4) is 0 Å². The third kappa shape index (κ3) is 4.28. The molecule has 26 heavy (non-hydrogen) atoms. The molecular formula is C20H22N2O4. The summed E-state index contributed by atoms with van der Waals surface area (Å²) in [6, 6.07) is 13.4. The number of hydrogen-bond acceptors (Lipinski definition) is 5. The van der Waals surface area contributed by atoms with Gasteiger partial charge in [0.1, 0.15) is 5.52 Å². The third-order valence-corrected chi connectivity index (χ3v) is 4.34. The molecule has 3 aromatic rings. The lowest BCUT2D eigenvalue weighted by molar-refractivity contribution is -0.129. The van der Waals surface area contributed by atoms with Crippen LogP contribution in [0.4, 0.5) is 0 Å². The Morgan fingerprint density at radius 3 is 2.69 bits per heavy atom. The number of benzene rings is 2. The van der Waals surface area contributed by atoms with Gasteiger partial charge < -0.3 is 9.52 Å². The molecule has 0 unspecified atom stereocenters. The minimum Gasteiger partial charge on any atom is -0.436 e. The van der Waals surface area contributed by atoms with E-state index in [1.165, 1.54) is 0 Å². The Morgan fingerprint density at radius 1 is 1.19 bits per heavy atom. The van der Waals surface area contributed by atoms with E-state index in [1.807, 2.05) is 49.4 Å². The second kappa shape index (κ2) is 8.12. The van der Waals surface area contributed by atoms with Gasteiger partial charge in [0.15, 0.2) is 5.58 Å². The van der Waals surface area contributed by atoms with Crippen LogP contribution in [0.25, 0.3) is 22.6 Å². The number of unbranched alkanes of at least 4 members (excludes halogenated alkanes) is 1. The van der Waals surface area contributed by atoms with Gasteiger partial charge in [-0.15, -0.1) is 0 Å². The third-order valence-electron chi connectivity index (χ3n) is 4.34. The van der Waals surface area contributed by atoms with Crippen molar-refractivity contribution in [2.75, 3.05) is 0 Å². The van der Waals surface area contributed by atoms with Crippen LogP contribution in [0.1, 0.15) is 42.9 Å². The Kier molecular flexibility index (Phi) is 5.65. The summed E-state index contributed by atoms with van der Waals surface area (Å²) in [6.45, 7) is 2.01. The molecule has 0 radical (unpaired) electrons. The molecule has 3 N–H and O–H groups in total. The molecule has 1 aromatic heterocycles. The SMILES string of the molecule is Cc1ccc2oc(-c3ccc([C@H](O)CCCCC(=O)NO)cc3)nc2c1. The summed E-state index contributed by atoms with van der Waals surface area (Å²) < 4.78 is 5.79. The Bertz CT molecular complexity index is 886. The molecule has 0 aliphatic heterocycles. The summed E-state index contributed by atoms with van der Waals surface area (Å²) in [4.78, 5) is 15.5. The number of hydrogen-bond donors (Lipinski definition) is 3. The number of aliphatic hydroxyl groups excluding tert-OH is 1. The highest BCUT2D eigenvalue weighted by Gasteiger charge is 2.11. The van der Waals surface area contributed by atoms with Gasteiger partial charge in [0, 0.05) is 12.0 Å². The van der Waals surface area contributed by atoms with E-state index in [0.717, 1.165) is 27.8 Å². The lowest BCUT2D eigenvalue weighted by atomic mass is 10.0. The highest BCUT2D eigenvalue weighted by atomic mass is 16.5. The van der Waals surface area contributed by atoms with E-state index < -0.39 is 12.0 Å². The van der Waals surface area contributed by atoms with E-state index in [0.29, 0.717) is 25.2 Å². The summed E-state index contributed by atoms with van der Waals surface area (Å²) in [7, 11) is 0. The molecule has 0 saturated heterocycles. The zero-order valence-corrected chi connectivity index (χ0v) is 14.6. The number of nitrogens with one attached hydrogen (secondary N) is 1. The number of aryl methyl sites for hydroxylation is 1. The number of nitrogens with zero attached hydrogens (tertiary/aromatic N) is 1. The van der Waals surface area contributed by atoms with Crippen molar-refractivity contribution in [1.29, 1.82) is 0 Å². The molecule has 3 rings (SSSR count). The normalized spacial score (nSPS) is 12.3. The van der Waals surface area contributed by atoms with Crippen LogP contribution in [0.2, 0.25) is 0 Å². The molecule has 1 atom stereocenters. The number of carbonyl (C=O) groups is 1. The number of hydroxylamine groups is 1. The zero-order chi connectivity index (χ0) is 18.5. The van der Waals surface area contributed by atoms with Crippen LogP contribution in [-0.2, 0) is 4.79 Å². The molecule has 0 saturated carbocycles. The predicted octanol–water partition coefficient (Wildman–Crippen LogP) is 3.90. The fourth-order valence-electron chi connectivity index (χ4n) is 2.85. The van der Waals surface area contributed by atoms with E-state index in [2.05, 4.69) is 4.98 Å². The first-order chi connectivity index (χ1) is 12.6. The van der Waals surface area contributed by atoms with Gasteiger partial charge in [-0.05, 0) is 55.2 Å². The average molecular weight is 354 g/mol. The van der Waals surface area contributed by atoms with Gasteiger partial charge in [0.05, 0.1) is 6.10 Å². The molecule has 2 aromatic carbocycles. The maximum atomic E-state index is 10.9. The Balaban J connectivity index is 1.62. The second-order valence-electron chi connectivity index (χ2n) is 6.41. The average Bonchev–Trinajstić information content (AvgIpc) is 3.08. The van der Waals surface area contributed by atoms with Crippen molar-refractivity contribution < 1.29 is 19.5 Å². The molecule has 0 spiro atoms. The molecule has 136 valence electrons. The van der Waals surface area contributed by atoms with Crippen molar-refractivity contribution in [2.45, 2.75) is 38.7 Å². The number of amides is 1. The minimum absolute atomic E-state index is 0.249. The Labute approximate surface area is 151 Å². The van der Waals surface area contributed by atoms with E-state index in [-0.39, 0.29) is 6.42 Å². The summed E-state index contributed by atoms with van der Waals surface area (Å²) in [6.07, 6.45) is 1.53. The molecule has 6 heteroatoms. The highest BCUT2D eigenvalue weighted by Crippen LogP contribution is 2.27. The van der Waals surface area contributed by atoms with Crippen LogP contribution in [0.15, 0.2) is 46.9 Å². The summed E-state index contributed by atoms with van der Waals surface area (Å²) >= 11 is 0. The van der Waals surface area contributed by atoms with Gasteiger partial charge in [-0.25, -0.2) is 10.5 Å². The first kappa shape index (κ1) is 18.1.